The van der Waals surface area contributed by atoms with Crippen molar-refractivity contribution in [2.24, 2.45) is 0 Å². The molecular formula is C19H25N. The van der Waals surface area contributed by atoms with E-state index in [9.17, 15) is 0 Å². The molecule has 20 heavy (non-hydrogen) atoms. The number of aryl methyl sites for hydroxylation is 2. The van der Waals surface area contributed by atoms with Gasteiger partial charge in [-0.15, -0.1) is 0 Å². The van der Waals surface area contributed by atoms with E-state index in [1.807, 2.05) is 0 Å². The van der Waals surface area contributed by atoms with Gasteiger partial charge in [0.05, 0.1) is 0 Å². The van der Waals surface area contributed by atoms with Crippen molar-refractivity contribution >= 4 is 0 Å². The van der Waals surface area contributed by atoms with Crippen LogP contribution in [0.3, 0.4) is 0 Å². The van der Waals surface area contributed by atoms with Crippen molar-refractivity contribution in [1.29, 1.82) is 0 Å². The smallest absolute Gasteiger partial charge is 0.0360 e. The van der Waals surface area contributed by atoms with Gasteiger partial charge in [0, 0.05) is 6.04 Å². The Balaban J connectivity index is 2.13. The van der Waals surface area contributed by atoms with Gasteiger partial charge < -0.3 is 5.32 Å². The first kappa shape index (κ1) is 14.8. The summed E-state index contributed by atoms with van der Waals surface area (Å²) < 4.78 is 0. The quantitative estimate of drug-likeness (QED) is 0.815. The van der Waals surface area contributed by atoms with Crippen molar-refractivity contribution in [3.05, 3.63) is 70.8 Å². The minimum absolute atomic E-state index is 0.396. The molecule has 0 aliphatic rings. The Morgan fingerprint density at radius 1 is 0.850 bits per heavy atom. The molecule has 1 atom stereocenters. The van der Waals surface area contributed by atoms with Crippen molar-refractivity contribution in [3.8, 4) is 0 Å². The molecule has 0 aromatic heterocycles. The minimum Gasteiger partial charge on any atom is -0.310 e. The van der Waals surface area contributed by atoms with Gasteiger partial charge in [0.25, 0.3) is 0 Å². The molecule has 2 aromatic carbocycles. The second-order valence-corrected chi connectivity index (χ2v) is 5.40. The Kier molecular flexibility index (Phi) is 5.37. The third-order valence-electron chi connectivity index (χ3n) is 3.80. The Labute approximate surface area is 123 Å². The van der Waals surface area contributed by atoms with Crippen molar-refractivity contribution < 1.29 is 0 Å². The maximum atomic E-state index is 3.60. The summed E-state index contributed by atoms with van der Waals surface area (Å²) >= 11 is 0. The molecule has 0 heterocycles. The number of hydrogen-bond acceptors (Lipinski definition) is 1. The molecule has 0 saturated heterocycles. The number of likely N-dealkylation sites (N-methyl/N-ethyl adjacent to an activating group) is 1. The second kappa shape index (κ2) is 7.25. The average Bonchev–Trinajstić information content (AvgIpc) is 2.48. The molecule has 0 aliphatic heterocycles. The van der Waals surface area contributed by atoms with Crippen LogP contribution in [0.5, 0.6) is 0 Å². The highest BCUT2D eigenvalue weighted by molar-refractivity contribution is 5.28. The SMILES string of the molecule is CCNC(Cc1ccc(CC)cc1)c1ccc(C)cc1. The van der Waals surface area contributed by atoms with Crippen LogP contribution >= 0.6 is 0 Å². The predicted octanol–water partition coefficient (Wildman–Crippen LogP) is 4.45. The number of nitrogens with one attached hydrogen (secondary N) is 1. The maximum Gasteiger partial charge on any atom is 0.0360 e. The monoisotopic (exact) mass is 267 g/mol. The van der Waals surface area contributed by atoms with Gasteiger partial charge in [-0.25, -0.2) is 0 Å². The highest BCUT2D eigenvalue weighted by atomic mass is 14.9. The summed E-state index contributed by atoms with van der Waals surface area (Å²) in [7, 11) is 0. The van der Waals surface area contributed by atoms with E-state index < -0.39 is 0 Å². The Bertz CT molecular complexity index is 510. The van der Waals surface area contributed by atoms with Crippen LogP contribution in [0.15, 0.2) is 48.5 Å². The summed E-state index contributed by atoms with van der Waals surface area (Å²) in [6, 6.07) is 18.3. The fraction of sp³-hybridized carbons (Fsp3) is 0.368. The van der Waals surface area contributed by atoms with Gasteiger partial charge in [0.2, 0.25) is 0 Å². The molecule has 1 N–H and O–H groups in total. The van der Waals surface area contributed by atoms with Gasteiger partial charge in [0.1, 0.15) is 0 Å². The number of benzene rings is 2. The third kappa shape index (κ3) is 3.94. The highest BCUT2D eigenvalue weighted by Gasteiger charge is 2.10. The van der Waals surface area contributed by atoms with E-state index in [0.717, 1.165) is 19.4 Å². The summed E-state index contributed by atoms with van der Waals surface area (Å²) in [6.45, 7) is 7.49. The molecule has 2 aromatic rings. The van der Waals surface area contributed by atoms with Crippen LogP contribution in [0.1, 0.15) is 42.1 Å². The molecule has 1 nitrogen and oxygen atoms in total. The number of hydrogen-bond donors (Lipinski definition) is 1. The topological polar surface area (TPSA) is 12.0 Å². The molecule has 0 radical (unpaired) electrons. The molecule has 0 bridgehead atoms. The van der Waals surface area contributed by atoms with Crippen molar-refractivity contribution in [2.75, 3.05) is 6.54 Å². The zero-order valence-electron chi connectivity index (χ0n) is 12.8. The van der Waals surface area contributed by atoms with Crippen LogP contribution in [0.2, 0.25) is 0 Å². The van der Waals surface area contributed by atoms with E-state index in [2.05, 4.69) is 74.6 Å². The van der Waals surface area contributed by atoms with Crippen molar-refractivity contribution in [3.63, 3.8) is 0 Å². The standard InChI is InChI=1S/C19H25N/c1-4-16-8-10-17(11-9-16)14-19(20-5-2)18-12-6-15(3)7-13-18/h6-13,19-20H,4-5,14H2,1-3H3. The lowest BCUT2D eigenvalue weighted by molar-refractivity contribution is 0.549. The molecule has 2 rings (SSSR count). The first-order valence-corrected chi connectivity index (χ1v) is 7.60. The number of rotatable bonds is 6. The maximum absolute atomic E-state index is 3.60. The fourth-order valence-corrected chi connectivity index (χ4v) is 2.50. The van der Waals surface area contributed by atoms with E-state index in [1.165, 1.54) is 22.3 Å². The molecule has 0 amide bonds. The minimum atomic E-state index is 0.396. The lowest BCUT2D eigenvalue weighted by atomic mass is 9.97. The van der Waals surface area contributed by atoms with E-state index >= 15 is 0 Å². The van der Waals surface area contributed by atoms with Crippen LogP contribution in [-0.2, 0) is 12.8 Å². The largest absolute Gasteiger partial charge is 0.310 e. The molecule has 0 fully saturated rings. The second-order valence-electron chi connectivity index (χ2n) is 5.40. The summed E-state index contributed by atoms with van der Waals surface area (Å²) in [5.41, 5.74) is 5.49. The van der Waals surface area contributed by atoms with Crippen LogP contribution in [-0.4, -0.2) is 6.54 Å². The molecule has 0 aliphatic carbocycles. The zero-order valence-corrected chi connectivity index (χ0v) is 12.8. The van der Waals surface area contributed by atoms with Crippen LogP contribution in [0.25, 0.3) is 0 Å². The average molecular weight is 267 g/mol. The molecule has 106 valence electrons. The normalized spacial score (nSPS) is 12.3. The van der Waals surface area contributed by atoms with E-state index in [0.29, 0.717) is 6.04 Å². The van der Waals surface area contributed by atoms with Gasteiger partial charge in [0.15, 0.2) is 0 Å². The van der Waals surface area contributed by atoms with Gasteiger partial charge >= 0.3 is 0 Å². The molecule has 0 saturated carbocycles. The first-order valence-electron chi connectivity index (χ1n) is 7.60. The van der Waals surface area contributed by atoms with Crippen LogP contribution in [0.4, 0.5) is 0 Å². The molecular weight excluding hydrogens is 242 g/mol. The lowest BCUT2D eigenvalue weighted by Gasteiger charge is -2.19. The first-order chi connectivity index (χ1) is 9.72. The summed E-state index contributed by atoms with van der Waals surface area (Å²) in [6.07, 6.45) is 2.15. The summed E-state index contributed by atoms with van der Waals surface area (Å²) in [5.74, 6) is 0. The summed E-state index contributed by atoms with van der Waals surface area (Å²) in [5, 5.41) is 3.60. The third-order valence-corrected chi connectivity index (χ3v) is 3.80. The van der Waals surface area contributed by atoms with Crippen molar-refractivity contribution in [2.45, 2.75) is 39.7 Å². The highest BCUT2D eigenvalue weighted by Crippen LogP contribution is 2.19. The van der Waals surface area contributed by atoms with E-state index in [-0.39, 0.29) is 0 Å². The lowest BCUT2D eigenvalue weighted by Crippen LogP contribution is -2.22. The fourth-order valence-electron chi connectivity index (χ4n) is 2.50. The Hall–Kier alpha value is -1.60. The van der Waals surface area contributed by atoms with E-state index in [4.69, 9.17) is 0 Å². The van der Waals surface area contributed by atoms with Crippen molar-refractivity contribution in [1.82, 2.24) is 5.32 Å². The van der Waals surface area contributed by atoms with Crippen LogP contribution < -0.4 is 5.32 Å². The van der Waals surface area contributed by atoms with Gasteiger partial charge in [-0.3, -0.25) is 0 Å². The van der Waals surface area contributed by atoms with Crippen LogP contribution in [0, 0.1) is 6.92 Å². The van der Waals surface area contributed by atoms with E-state index in [1.54, 1.807) is 0 Å². The Morgan fingerprint density at radius 3 is 2.00 bits per heavy atom. The summed E-state index contributed by atoms with van der Waals surface area (Å²) in [4.78, 5) is 0. The Morgan fingerprint density at radius 2 is 1.45 bits per heavy atom. The molecule has 1 heteroatoms. The van der Waals surface area contributed by atoms with Gasteiger partial charge in [-0.1, -0.05) is 67.9 Å². The van der Waals surface area contributed by atoms with Gasteiger partial charge in [-0.2, -0.15) is 0 Å². The molecule has 0 spiro atoms. The van der Waals surface area contributed by atoms with Gasteiger partial charge in [-0.05, 0) is 43.0 Å². The zero-order chi connectivity index (χ0) is 14.4. The molecule has 1 unspecified atom stereocenters. The predicted molar refractivity (Wildman–Crippen MR) is 87.1 cm³/mol.